The van der Waals surface area contributed by atoms with E-state index in [1.165, 1.54) is 0 Å². The second-order valence-corrected chi connectivity index (χ2v) is 1.82. The summed E-state index contributed by atoms with van der Waals surface area (Å²) in [5.41, 5.74) is 0. The second-order valence-electron chi connectivity index (χ2n) is 1.82. The lowest BCUT2D eigenvalue weighted by Crippen LogP contribution is -2.11. The Morgan fingerprint density at radius 3 is 2.18 bits per heavy atom. The normalized spacial score (nSPS) is 10.2. The molecule has 0 aliphatic heterocycles. The molecule has 0 aliphatic rings. The Hall–Kier alpha value is -1.33. The van der Waals surface area contributed by atoms with Crippen LogP contribution in [0.15, 0.2) is 0 Å². The van der Waals surface area contributed by atoms with Crippen LogP contribution >= 0.6 is 0 Å². The summed E-state index contributed by atoms with van der Waals surface area (Å²) in [6, 6.07) is 0. The summed E-state index contributed by atoms with van der Waals surface area (Å²) in [5.74, 6) is -4.18. The zero-order valence-corrected chi connectivity index (χ0v) is 5.44. The van der Waals surface area contributed by atoms with E-state index in [0.717, 1.165) is 6.92 Å². The fraction of sp³-hybridized carbons (Fsp3) is 0.200. The van der Waals surface area contributed by atoms with Crippen LogP contribution in [0, 0.1) is 18.0 Å². The smallest absolute Gasteiger partial charge is 0.274 e. The third kappa shape index (κ3) is 1.11. The van der Waals surface area contributed by atoms with Gasteiger partial charge in [-0.25, -0.2) is 4.57 Å². The largest absolute Gasteiger partial charge is 0.301 e. The molecule has 0 amide bonds. The van der Waals surface area contributed by atoms with Crippen LogP contribution in [-0.4, -0.2) is 15.5 Å². The SMILES string of the molecule is CC(=O)n1c(F)nc(F)c1F. The number of aromatic nitrogens is 2. The maximum absolute atomic E-state index is 12.3. The fourth-order valence-electron chi connectivity index (χ4n) is 0.619. The summed E-state index contributed by atoms with van der Waals surface area (Å²) >= 11 is 0. The number of rotatable bonds is 0. The molecular formula is C5H3F3N2O. The van der Waals surface area contributed by atoms with Crippen molar-refractivity contribution < 1.29 is 18.0 Å². The van der Waals surface area contributed by atoms with Gasteiger partial charge in [0.25, 0.3) is 11.9 Å². The highest BCUT2D eigenvalue weighted by Crippen LogP contribution is 2.06. The van der Waals surface area contributed by atoms with E-state index in [0.29, 0.717) is 0 Å². The second kappa shape index (κ2) is 2.37. The van der Waals surface area contributed by atoms with Crippen LogP contribution in [0.25, 0.3) is 0 Å². The van der Waals surface area contributed by atoms with Crippen LogP contribution in [-0.2, 0) is 0 Å². The molecule has 0 unspecified atom stereocenters. The zero-order chi connectivity index (χ0) is 8.59. The molecule has 11 heavy (non-hydrogen) atoms. The predicted molar refractivity (Wildman–Crippen MR) is 28.4 cm³/mol. The first-order valence-electron chi connectivity index (χ1n) is 2.64. The molecule has 60 valence electrons. The van der Waals surface area contributed by atoms with Gasteiger partial charge in [0.15, 0.2) is 0 Å². The van der Waals surface area contributed by atoms with Gasteiger partial charge in [0.05, 0.1) is 0 Å². The number of hydrogen-bond acceptors (Lipinski definition) is 2. The van der Waals surface area contributed by atoms with Crippen molar-refractivity contribution >= 4 is 5.91 Å². The van der Waals surface area contributed by atoms with Crippen LogP contribution < -0.4 is 0 Å². The standard InChI is InChI=1S/C5H3F3N2O/c1-2(11)10-4(7)3(6)9-5(10)8/h1H3. The van der Waals surface area contributed by atoms with Gasteiger partial charge >= 0.3 is 6.08 Å². The number of nitrogens with zero attached hydrogens (tertiary/aromatic N) is 2. The molecule has 3 nitrogen and oxygen atoms in total. The van der Waals surface area contributed by atoms with E-state index in [2.05, 4.69) is 4.98 Å². The van der Waals surface area contributed by atoms with Crippen molar-refractivity contribution in [1.82, 2.24) is 9.55 Å². The molecule has 0 bridgehead atoms. The average Bonchev–Trinajstić information content (AvgIpc) is 2.07. The number of hydrogen-bond donors (Lipinski definition) is 0. The number of halogens is 3. The molecule has 1 aromatic heterocycles. The minimum absolute atomic E-state index is 0.0880. The first-order valence-corrected chi connectivity index (χ1v) is 2.64. The van der Waals surface area contributed by atoms with E-state index in [1.807, 2.05) is 0 Å². The van der Waals surface area contributed by atoms with Crippen LogP contribution in [0.4, 0.5) is 13.2 Å². The Morgan fingerprint density at radius 2 is 2.00 bits per heavy atom. The molecule has 6 heteroatoms. The molecule has 0 N–H and O–H groups in total. The van der Waals surface area contributed by atoms with Crippen molar-refractivity contribution in [3.8, 4) is 0 Å². The van der Waals surface area contributed by atoms with Crippen molar-refractivity contribution in [3.63, 3.8) is 0 Å². The molecule has 0 saturated heterocycles. The third-order valence-corrected chi connectivity index (χ3v) is 1.06. The van der Waals surface area contributed by atoms with Gasteiger partial charge in [-0.15, -0.1) is 0 Å². The minimum atomic E-state index is -1.61. The third-order valence-electron chi connectivity index (χ3n) is 1.06. The summed E-state index contributed by atoms with van der Waals surface area (Å²) in [4.78, 5) is 12.8. The quantitative estimate of drug-likeness (QED) is 0.572. The first-order chi connectivity index (χ1) is 5.04. The first kappa shape index (κ1) is 7.77. The summed E-state index contributed by atoms with van der Waals surface area (Å²) in [7, 11) is 0. The van der Waals surface area contributed by atoms with Crippen LogP contribution in [0.3, 0.4) is 0 Å². The van der Waals surface area contributed by atoms with Gasteiger partial charge in [-0.1, -0.05) is 0 Å². The van der Waals surface area contributed by atoms with E-state index in [4.69, 9.17) is 0 Å². The van der Waals surface area contributed by atoms with Gasteiger partial charge in [-0.3, -0.25) is 4.79 Å². The van der Waals surface area contributed by atoms with Crippen molar-refractivity contribution in [2.75, 3.05) is 0 Å². The fourth-order valence-corrected chi connectivity index (χ4v) is 0.619. The zero-order valence-electron chi connectivity index (χ0n) is 5.44. The minimum Gasteiger partial charge on any atom is -0.274 e. The van der Waals surface area contributed by atoms with E-state index >= 15 is 0 Å². The van der Waals surface area contributed by atoms with Gasteiger partial charge in [-0.05, 0) is 0 Å². The maximum Gasteiger partial charge on any atom is 0.301 e. The van der Waals surface area contributed by atoms with Gasteiger partial charge in [-0.2, -0.15) is 18.2 Å². The average molecular weight is 164 g/mol. The molecule has 1 heterocycles. The number of carbonyl (C=O) groups is 1. The Morgan fingerprint density at radius 1 is 1.45 bits per heavy atom. The van der Waals surface area contributed by atoms with Crippen molar-refractivity contribution in [3.05, 3.63) is 18.0 Å². The van der Waals surface area contributed by atoms with Gasteiger partial charge in [0, 0.05) is 6.92 Å². The lowest BCUT2D eigenvalue weighted by molar-refractivity contribution is 0.0905. The Kier molecular flexibility index (Phi) is 1.67. The van der Waals surface area contributed by atoms with Crippen molar-refractivity contribution in [2.24, 2.45) is 0 Å². The Bertz CT molecular complexity index is 307. The lowest BCUT2D eigenvalue weighted by atomic mass is 10.6. The van der Waals surface area contributed by atoms with Crippen molar-refractivity contribution in [1.29, 1.82) is 0 Å². The Balaban J connectivity index is 3.34. The van der Waals surface area contributed by atoms with E-state index in [-0.39, 0.29) is 4.57 Å². The highest BCUT2D eigenvalue weighted by molar-refractivity contribution is 5.76. The summed E-state index contributed by atoms with van der Waals surface area (Å²) < 4.78 is 36.6. The molecule has 0 radical (unpaired) electrons. The highest BCUT2D eigenvalue weighted by Gasteiger charge is 2.19. The molecule has 0 atom stereocenters. The van der Waals surface area contributed by atoms with E-state index in [1.54, 1.807) is 0 Å². The summed E-state index contributed by atoms with van der Waals surface area (Å²) in [6.07, 6.45) is -1.48. The monoisotopic (exact) mass is 164 g/mol. The molecule has 0 aromatic carbocycles. The summed E-state index contributed by atoms with van der Waals surface area (Å²) in [6.45, 7) is 0.896. The molecule has 1 rings (SSSR count). The van der Waals surface area contributed by atoms with Crippen LogP contribution in [0.5, 0.6) is 0 Å². The molecular weight excluding hydrogens is 161 g/mol. The molecule has 0 fully saturated rings. The topological polar surface area (TPSA) is 34.9 Å². The van der Waals surface area contributed by atoms with Gasteiger partial charge in [0.1, 0.15) is 0 Å². The van der Waals surface area contributed by atoms with Crippen LogP contribution in [0.1, 0.15) is 11.7 Å². The maximum atomic E-state index is 12.3. The van der Waals surface area contributed by atoms with Gasteiger partial charge in [0.2, 0.25) is 5.91 Å². The predicted octanol–water partition coefficient (Wildman–Crippen LogP) is 0.961. The molecule has 0 spiro atoms. The molecule has 1 aromatic rings. The lowest BCUT2D eigenvalue weighted by Gasteiger charge is -1.93. The highest BCUT2D eigenvalue weighted by atomic mass is 19.2. The van der Waals surface area contributed by atoms with Gasteiger partial charge < -0.3 is 0 Å². The summed E-state index contributed by atoms with van der Waals surface area (Å²) in [5, 5.41) is 0. The molecule has 0 saturated carbocycles. The van der Waals surface area contributed by atoms with E-state index < -0.39 is 23.9 Å². The number of carbonyl (C=O) groups excluding carboxylic acids is 1. The van der Waals surface area contributed by atoms with Crippen LogP contribution in [0.2, 0.25) is 0 Å². The van der Waals surface area contributed by atoms with E-state index in [9.17, 15) is 18.0 Å². The Labute approximate surface area is 59.5 Å². The van der Waals surface area contributed by atoms with Crippen molar-refractivity contribution in [2.45, 2.75) is 6.92 Å². The number of imidazole rings is 1. The molecule has 0 aliphatic carbocycles.